The molecule has 13 heavy (non-hydrogen) atoms. The van der Waals surface area contributed by atoms with E-state index in [2.05, 4.69) is 10.1 Å². The van der Waals surface area contributed by atoms with Gasteiger partial charge in [-0.25, -0.2) is 4.79 Å². The summed E-state index contributed by atoms with van der Waals surface area (Å²) < 4.78 is 4.58. The number of primary amides is 1. The van der Waals surface area contributed by atoms with Crippen LogP contribution in [0.1, 0.15) is 6.42 Å². The van der Waals surface area contributed by atoms with Gasteiger partial charge in [0.05, 0.1) is 0 Å². The highest BCUT2D eigenvalue weighted by molar-refractivity contribution is 7.99. The standard InChI is InChI=1S/C8H16N2O2S/c9-8(11)12-3-2-10-5-7-1-4-13-6-7/h7,10H,1-6H2,(H2,9,11). The lowest BCUT2D eigenvalue weighted by Gasteiger charge is -2.09. The second-order valence-corrected chi connectivity index (χ2v) is 4.25. The van der Waals surface area contributed by atoms with Crippen LogP contribution in [-0.4, -0.2) is 37.3 Å². The molecule has 76 valence electrons. The zero-order chi connectivity index (χ0) is 9.52. The average molecular weight is 204 g/mol. The first kappa shape index (κ1) is 10.7. The SMILES string of the molecule is NC(=O)OCCNCC1CCSC1. The Morgan fingerprint density at radius 1 is 1.69 bits per heavy atom. The van der Waals surface area contributed by atoms with E-state index in [0.717, 1.165) is 12.5 Å². The summed E-state index contributed by atoms with van der Waals surface area (Å²) in [6.45, 7) is 2.09. The van der Waals surface area contributed by atoms with Crippen molar-refractivity contribution in [3.05, 3.63) is 0 Å². The maximum absolute atomic E-state index is 10.2. The third-order valence-corrected chi connectivity index (χ3v) is 3.21. The third-order valence-electron chi connectivity index (χ3n) is 1.98. The Morgan fingerprint density at radius 3 is 3.15 bits per heavy atom. The van der Waals surface area contributed by atoms with Crippen molar-refractivity contribution in [3.8, 4) is 0 Å². The summed E-state index contributed by atoms with van der Waals surface area (Å²) in [5.41, 5.74) is 4.80. The monoisotopic (exact) mass is 204 g/mol. The van der Waals surface area contributed by atoms with E-state index >= 15 is 0 Å². The number of nitrogens with two attached hydrogens (primary N) is 1. The van der Waals surface area contributed by atoms with Crippen molar-refractivity contribution in [1.82, 2.24) is 5.32 Å². The van der Waals surface area contributed by atoms with Crippen molar-refractivity contribution >= 4 is 17.9 Å². The molecule has 1 atom stereocenters. The smallest absolute Gasteiger partial charge is 0.404 e. The third kappa shape index (κ3) is 5.00. The fraction of sp³-hybridized carbons (Fsp3) is 0.875. The summed E-state index contributed by atoms with van der Waals surface area (Å²) in [5.74, 6) is 3.33. The topological polar surface area (TPSA) is 64.4 Å². The number of carbonyl (C=O) groups excluding carboxylic acids is 1. The molecule has 4 nitrogen and oxygen atoms in total. The molecule has 0 aromatic rings. The van der Waals surface area contributed by atoms with Crippen LogP contribution in [0.2, 0.25) is 0 Å². The van der Waals surface area contributed by atoms with E-state index in [1.807, 2.05) is 11.8 Å². The number of amides is 1. The minimum atomic E-state index is -0.696. The molecule has 1 unspecified atom stereocenters. The second-order valence-electron chi connectivity index (χ2n) is 3.10. The van der Waals surface area contributed by atoms with Crippen LogP contribution in [0, 0.1) is 5.92 Å². The molecule has 1 heterocycles. The van der Waals surface area contributed by atoms with Gasteiger partial charge in [-0.15, -0.1) is 0 Å². The number of hydrogen-bond acceptors (Lipinski definition) is 4. The summed E-state index contributed by atoms with van der Waals surface area (Å²) in [5, 5.41) is 3.24. The highest BCUT2D eigenvalue weighted by Crippen LogP contribution is 2.22. The fourth-order valence-corrected chi connectivity index (χ4v) is 2.56. The molecule has 0 aromatic heterocycles. The second kappa shape index (κ2) is 6.10. The van der Waals surface area contributed by atoms with Gasteiger partial charge in [0.15, 0.2) is 0 Å². The molecule has 0 aromatic carbocycles. The summed E-state index contributed by atoms with van der Waals surface area (Å²) >= 11 is 2.01. The van der Waals surface area contributed by atoms with Crippen molar-refractivity contribution in [2.24, 2.45) is 11.7 Å². The molecule has 1 saturated heterocycles. The van der Waals surface area contributed by atoms with Crippen LogP contribution in [0.3, 0.4) is 0 Å². The zero-order valence-electron chi connectivity index (χ0n) is 7.62. The Balaban J connectivity index is 1.86. The van der Waals surface area contributed by atoms with E-state index in [1.165, 1.54) is 17.9 Å². The Labute approximate surface area is 82.6 Å². The maximum atomic E-state index is 10.2. The number of carbonyl (C=O) groups is 1. The zero-order valence-corrected chi connectivity index (χ0v) is 8.44. The summed E-state index contributed by atoms with van der Waals surface area (Å²) in [6.07, 6.45) is 0.604. The largest absolute Gasteiger partial charge is 0.448 e. The van der Waals surface area contributed by atoms with Crippen LogP contribution in [0.4, 0.5) is 4.79 Å². The Kier molecular flexibility index (Phi) is 5.00. The number of thioether (sulfide) groups is 1. The van der Waals surface area contributed by atoms with Crippen LogP contribution in [0.15, 0.2) is 0 Å². The first-order chi connectivity index (χ1) is 6.29. The molecule has 3 N–H and O–H groups in total. The summed E-state index contributed by atoms with van der Waals surface area (Å²) in [6, 6.07) is 0. The molecule has 1 aliphatic rings. The van der Waals surface area contributed by atoms with E-state index in [9.17, 15) is 4.79 Å². The molecule has 0 spiro atoms. The van der Waals surface area contributed by atoms with Gasteiger partial charge in [0.2, 0.25) is 0 Å². The molecule has 5 heteroatoms. The summed E-state index contributed by atoms with van der Waals surface area (Å²) in [4.78, 5) is 10.2. The van der Waals surface area contributed by atoms with Crippen LogP contribution in [-0.2, 0) is 4.74 Å². The molecule has 0 radical (unpaired) electrons. The fourth-order valence-electron chi connectivity index (χ4n) is 1.27. The van der Waals surface area contributed by atoms with Crippen molar-refractivity contribution in [1.29, 1.82) is 0 Å². The Bertz CT molecular complexity index is 160. The molecule has 1 aliphatic heterocycles. The van der Waals surface area contributed by atoms with Crippen molar-refractivity contribution in [2.45, 2.75) is 6.42 Å². The van der Waals surface area contributed by atoms with Crippen molar-refractivity contribution in [3.63, 3.8) is 0 Å². The number of hydrogen-bond donors (Lipinski definition) is 2. The summed E-state index contributed by atoms with van der Waals surface area (Å²) in [7, 11) is 0. The number of nitrogens with one attached hydrogen (secondary N) is 1. The molecule has 0 saturated carbocycles. The highest BCUT2D eigenvalue weighted by atomic mass is 32.2. The molecular weight excluding hydrogens is 188 g/mol. The molecular formula is C8H16N2O2S. The van der Waals surface area contributed by atoms with Gasteiger partial charge in [-0.1, -0.05) is 0 Å². The normalized spacial score (nSPS) is 21.7. The molecule has 0 bridgehead atoms. The van der Waals surface area contributed by atoms with E-state index in [1.54, 1.807) is 0 Å². The maximum Gasteiger partial charge on any atom is 0.404 e. The predicted molar refractivity (Wildman–Crippen MR) is 53.8 cm³/mol. The van der Waals surface area contributed by atoms with Crippen LogP contribution in [0.5, 0.6) is 0 Å². The first-order valence-electron chi connectivity index (χ1n) is 4.49. The van der Waals surface area contributed by atoms with Crippen LogP contribution < -0.4 is 11.1 Å². The quantitative estimate of drug-likeness (QED) is 0.637. The van der Waals surface area contributed by atoms with Gasteiger partial charge in [0, 0.05) is 6.54 Å². The van der Waals surface area contributed by atoms with Gasteiger partial charge in [0.1, 0.15) is 6.61 Å². The first-order valence-corrected chi connectivity index (χ1v) is 5.65. The minimum Gasteiger partial charge on any atom is -0.448 e. The number of rotatable bonds is 5. The van der Waals surface area contributed by atoms with E-state index in [0.29, 0.717) is 13.2 Å². The van der Waals surface area contributed by atoms with Crippen LogP contribution in [0.25, 0.3) is 0 Å². The number of ether oxygens (including phenoxy) is 1. The lowest BCUT2D eigenvalue weighted by Crippen LogP contribution is -2.28. The van der Waals surface area contributed by atoms with Crippen molar-refractivity contribution in [2.75, 3.05) is 31.2 Å². The molecule has 1 amide bonds. The molecule has 0 aliphatic carbocycles. The highest BCUT2D eigenvalue weighted by Gasteiger charge is 2.14. The minimum absolute atomic E-state index is 0.370. The lowest BCUT2D eigenvalue weighted by molar-refractivity contribution is 0.157. The van der Waals surface area contributed by atoms with Crippen LogP contribution >= 0.6 is 11.8 Å². The van der Waals surface area contributed by atoms with Gasteiger partial charge in [-0.05, 0) is 30.4 Å². The molecule has 1 fully saturated rings. The lowest BCUT2D eigenvalue weighted by atomic mass is 10.1. The van der Waals surface area contributed by atoms with E-state index in [4.69, 9.17) is 5.73 Å². The van der Waals surface area contributed by atoms with Gasteiger partial charge >= 0.3 is 6.09 Å². The predicted octanol–water partition coefficient (Wildman–Crippen LogP) is 0.424. The average Bonchev–Trinajstić information content (AvgIpc) is 2.55. The Morgan fingerprint density at radius 2 is 2.54 bits per heavy atom. The van der Waals surface area contributed by atoms with E-state index in [-0.39, 0.29) is 0 Å². The van der Waals surface area contributed by atoms with Crippen molar-refractivity contribution < 1.29 is 9.53 Å². The van der Waals surface area contributed by atoms with Gasteiger partial charge in [0.25, 0.3) is 0 Å². The Hall–Kier alpha value is -0.420. The van der Waals surface area contributed by atoms with Gasteiger partial charge in [-0.3, -0.25) is 0 Å². The molecule has 1 rings (SSSR count). The van der Waals surface area contributed by atoms with Gasteiger partial charge < -0.3 is 15.8 Å². The van der Waals surface area contributed by atoms with Gasteiger partial charge in [-0.2, -0.15) is 11.8 Å². The van der Waals surface area contributed by atoms with E-state index < -0.39 is 6.09 Å².